The lowest BCUT2D eigenvalue weighted by molar-refractivity contribution is 0.0667. The lowest BCUT2D eigenvalue weighted by Gasteiger charge is -2.32. The molecule has 2 aliphatic heterocycles. The van der Waals surface area contributed by atoms with Gasteiger partial charge in [0.25, 0.3) is 0 Å². The first-order valence-electron chi connectivity index (χ1n) is 5.80. The van der Waals surface area contributed by atoms with E-state index < -0.39 is 0 Å². The van der Waals surface area contributed by atoms with Crippen molar-refractivity contribution in [2.45, 2.75) is 49.9 Å². The molecule has 1 N–H and O–H groups in total. The van der Waals surface area contributed by atoms with Gasteiger partial charge < -0.3 is 10.1 Å². The van der Waals surface area contributed by atoms with Crippen molar-refractivity contribution in [3.8, 4) is 0 Å². The van der Waals surface area contributed by atoms with Crippen molar-refractivity contribution >= 4 is 11.8 Å². The monoisotopic (exact) mass is 215 g/mol. The van der Waals surface area contributed by atoms with Gasteiger partial charge in [0.2, 0.25) is 0 Å². The number of rotatable bonds is 2. The summed E-state index contributed by atoms with van der Waals surface area (Å²) in [6, 6.07) is 1.37. The zero-order valence-corrected chi connectivity index (χ0v) is 9.81. The van der Waals surface area contributed by atoms with E-state index in [0.29, 0.717) is 6.04 Å². The lowest BCUT2D eigenvalue weighted by atomic mass is 10.1. The van der Waals surface area contributed by atoms with Crippen molar-refractivity contribution in [1.29, 1.82) is 0 Å². The van der Waals surface area contributed by atoms with Gasteiger partial charge in [0.05, 0.1) is 6.61 Å². The Kier molecular flexibility index (Phi) is 4.14. The van der Waals surface area contributed by atoms with Gasteiger partial charge in [0.1, 0.15) is 0 Å². The van der Waals surface area contributed by atoms with Crippen LogP contribution in [0.25, 0.3) is 0 Å². The van der Waals surface area contributed by atoms with Crippen LogP contribution >= 0.6 is 11.8 Å². The highest BCUT2D eigenvalue weighted by Crippen LogP contribution is 2.25. The van der Waals surface area contributed by atoms with E-state index in [2.05, 4.69) is 24.0 Å². The minimum Gasteiger partial charge on any atom is -0.380 e. The molecule has 2 fully saturated rings. The van der Waals surface area contributed by atoms with Gasteiger partial charge in [0.15, 0.2) is 0 Å². The van der Waals surface area contributed by atoms with Crippen molar-refractivity contribution in [2.24, 2.45) is 0 Å². The third kappa shape index (κ3) is 3.14. The van der Waals surface area contributed by atoms with Gasteiger partial charge in [-0.05, 0) is 25.7 Å². The van der Waals surface area contributed by atoms with E-state index in [4.69, 9.17) is 4.74 Å². The average molecular weight is 215 g/mol. The maximum atomic E-state index is 5.48. The predicted molar refractivity (Wildman–Crippen MR) is 61.9 cm³/mol. The Morgan fingerprint density at radius 3 is 2.79 bits per heavy atom. The van der Waals surface area contributed by atoms with Gasteiger partial charge >= 0.3 is 0 Å². The SMILES string of the molecule is CC1CCC(NC2CCCOC2)CS1. The second kappa shape index (κ2) is 5.38. The molecule has 0 saturated carbocycles. The lowest BCUT2D eigenvalue weighted by Crippen LogP contribution is -2.45. The van der Waals surface area contributed by atoms with Gasteiger partial charge in [-0.1, -0.05) is 6.92 Å². The summed E-state index contributed by atoms with van der Waals surface area (Å²) in [5.74, 6) is 1.29. The highest BCUT2D eigenvalue weighted by molar-refractivity contribution is 7.99. The van der Waals surface area contributed by atoms with Crippen LogP contribution in [0.3, 0.4) is 0 Å². The Balaban J connectivity index is 1.68. The van der Waals surface area contributed by atoms with Crippen LogP contribution < -0.4 is 5.32 Å². The Hall–Kier alpha value is 0.270. The molecule has 0 aromatic rings. The minimum absolute atomic E-state index is 0.628. The Bertz CT molecular complexity index is 163. The maximum Gasteiger partial charge on any atom is 0.0619 e. The normalized spacial score (nSPS) is 39.6. The molecular formula is C11H21NOS. The largest absolute Gasteiger partial charge is 0.380 e. The van der Waals surface area contributed by atoms with Crippen molar-refractivity contribution in [3.05, 3.63) is 0 Å². The Morgan fingerprint density at radius 1 is 1.21 bits per heavy atom. The number of hydrogen-bond donors (Lipinski definition) is 1. The van der Waals surface area contributed by atoms with E-state index >= 15 is 0 Å². The highest BCUT2D eigenvalue weighted by atomic mass is 32.2. The van der Waals surface area contributed by atoms with Crippen molar-refractivity contribution in [1.82, 2.24) is 5.32 Å². The molecule has 0 spiro atoms. The third-order valence-electron chi connectivity index (χ3n) is 3.14. The molecule has 0 aromatic heterocycles. The Labute approximate surface area is 91.2 Å². The van der Waals surface area contributed by atoms with E-state index in [1.807, 2.05) is 0 Å². The number of hydrogen-bond acceptors (Lipinski definition) is 3. The molecule has 0 aliphatic carbocycles. The van der Waals surface area contributed by atoms with E-state index in [1.54, 1.807) is 0 Å². The molecule has 2 aliphatic rings. The van der Waals surface area contributed by atoms with Crippen molar-refractivity contribution in [3.63, 3.8) is 0 Å². The summed E-state index contributed by atoms with van der Waals surface area (Å²) in [5.41, 5.74) is 0. The van der Waals surface area contributed by atoms with E-state index in [-0.39, 0.29) is 0 Å². The molecule has 0 bridgehead atoms. The van der Waals surface area contributed by atoms with Crippen molar-refractivity contribution < 1.29 is 4.74 Å². The van der Waals surface area contributed by atoms with Gasteiger partial charge in [0, 0.05) is 29.7 Å². The van der Waals surface area contributed by atoms with E-state index in [9.17, 15) is 0 Å². The molecule has 3 atom stereocenters. The average Bonchev–Trinajstić information content (AvgIpc) is 2.23. The summed E-state index contributed by atoms with van der Waals surface area (Å²) in [6.45, 7) is 4.23. The molecular weight excluding hydrogens is 194 g/mol. The second-order valence-electron chi connectivity index (χ2n) is 4.50. The molecule has 82 valence electrons. The predicted octanol–water partition coefficient (Wildman–Crippen LogP) is 2.04. The molecule has 2 nitrogen and oxygen atoms in total. The third-order valence-corrected chi connectivity index (χ3v) is 4.53. The second-order valence-corrected chi connectivity index (χ2v) is 5.97. The minimum atomic E-state index is 0.628. The quantitative estimate of drug-likeness (QED) is 0.761. The van der Waals surface area contributed by atoms with E-state index in [0.717, 1.165) is 24.5 Å². The molecule has 2 saturated heterocycles. The van der Waals surface area contributed by atoms with Gasteiger partial charge in [-0.15, -0.1) is 0 Å². The zero-order valence-electron chi connectivity index (χ0n) is 9.00. The van der Waals surface area contributed by atoms with Crippen molar-refractivity contribution in [2.75, 3.05) is 19.0 Å². The zero-order chi connectivity index (χ0) is 9.80. The first kappa shape index (κ1) is 10.8. The molecule has 2 heterocycles. The van der Waals surface area contributed by atoms with Crippen LogP contribution in [0.15, 0.2) is 0 Å². The smallest absolute Gasteiger partial charge is 0.0619 e. The molecule has 0 radical (unpaired) electrons. The summed E-state index contributed by atoms with van der Waals surface area (Å²) >= 11 is 2.11. The van der Waals surface area contributed by atoms with Crippen LogP contribution in [0.5, 0.6) is 0 Å². The topological polar surface area (TPSA) is 21.3 Å². The molecule has 14 heavy (non-hydrogen) atoms. The van der Waals surface area contributed by atoms with Gasteiger partial charge in [-0.2, -0.15) is 11.8 Å². The first-order valence-corrected chi connectivity index (χ1v) is 6.85. The van der Waals surface area contributed by atoms with Crippen LogP contribution in [0.4, 0.5) is 0 Å². The summed E-state index contributed by atoms with van der Waals surface area (Å²) < 4.78 is 5.48. The number of ether oxygens (including phenoxy) is 1. The standard InChI is InChI=1S/C11H21NOS/c1-9-4-5-11(8-14-9)12-10-3-2-6-13-7-10/h9-12H,2-8H2,1H3. The fraction of sp³-hybridized carbons (Fsp3) is 1.00. The summed E-state index contributed by atoms with van der Waals surface area (Å²) in [6.07, 6.45) is 5.26. The highest BCUT2D eigenvalue weighted by Gasteiger charge is 2.22. The first-order chi connectivity index (χ1) is 6.84. The molecule has 3 heteroatoms. The fourth-order valence-corrected chi connectivity index (χ4v) is 3.35. The maximum absolute atomic E-state index is 5.48. The van der Waals surface area contributed by atoms with Crippen LogP contribution in [0.1, 0.15) is 32.6 Å². The number of nitrogens with one attached hydrogen (secondary N) is 1. The molecule has 0 amide bonds. The fourth-order valence-electron chi connectivity index (χ4n) is 2.22. The van der Waals surface area contributed by atoms with Gasteiger partial charge in [-0.3, -0.25) is 0 Å². The van der Waals surface area contributed by atoms with Crippen LogP contribution in [0.2, 0.25) is 0 Å². The van der Waals surface area contributed by atoms with Crippen LogP contribution in [0, 0.1) is 0 Å². The van der Waals surface area contributed by atoms with Crippen LogP contribution in [-0.2, 0) is 4.74 Å². The summed E-state index contributed by atoms with van der Waals surface area (Å²) in [7, 11) is 0. The number of thioether (sulfide) groups is 1. The van der Waals surface area contributed by atoms with E-state index in [1.165, 1.54) is 31.4 Å². The van der Waals surface area contributed by atoms with Gasteiger partial charge in [-0.25, -0.2) is 0 Å². The summed E-state index contributed by atoms with van der Waals surface area (Å²) in [5, 5.41) is 4.60. The van der Waals surface area contributed by atoms with Crippen LogP contribution in [-0.4, -0.2) is 36.3 Å². The molecule has 3 unspecified atom stereocenters. The molecule has 2 rings (SSSR count). The molecule has 0 aromatic carbocycles. The summed E-state index contributed by atoms with van der Waals surface area (Å²) in [4.78, 5) is 0. The Morgan fingerprint density at radius 2 is 2.14 bits per heavy atom.